The van der Waals surface area contributed by atoms with E-state index < -0.39 is 4.92 Å². The summed E-state index contributed by atoms with van der Waals surface area (Å²) in [4.78, 5) is 10.6. The first-order chi connectivity index (χ1) is 10.2. The van der Waals surface area contributed by atoms with Gasteiger partial charge in [-0.3, -0.25) is 10.1 Å². The molecule has 5 heteroatoms. The number of fused-ring (bicyclic) bond motifs is 1. The number of nitro benzene ring substituents is 1. The summed E-state index contributed by atoms with van der Waals surface area (Å²) in [6, 6.07) is 10.3. The van der Waals surface area contributed by atoms with Gasteiger partial charge in [0.15, 0.2) is 0 Å². The molecule has 21 heavy (non-hydrogen) atoms. The summed E-state index contributed by atoms with van der Waals surface area (Å²) in [6.07, 6.45) is 3.25. The van der Waals surface area contributed by atoms with Gasteiger partial charge in [-0.15, -0.1) is 0 Å². The van der Waals surface area contributed by atoms with Gasteiger partial charge in [0.2, 0.25) is 5.75 Å². The second-order valence-electron chi connectivity index (χ2n) is 5.10. The molecule has 0 saturated heterocycles. The number of aliphatic hydroxyl groups excluding tert-OH is 1. The lowest BCUT2D eigenvalue weighted by atomic mass is 10.1. The van der Waals surface area contributed by atoms with Gasteiger partial charge >= 0.3 is 5.69 Å². The average Bonchev–Trinajstić information content (AvgIpc) is 2.95. The van der Waals surface area contributed by atoms with E-state index in [1.54, 1.807) is 6.07 Å². The van der Waals surface area contributed by atoms with E-state index in [2.05, 4.69) is 0 Å². The fourth-order valence-electron chi connectivity index (χ4n) is 2.63. The van der Waals surface area contributed by atoms with Crippen LogP contribution < -0.4 is 4.74 Å². The van der Waals surface area contributed by atoms with Crippen molar-refractivity contribution in [2.75, 3.05) is 0 Å². The van der Waals surface area contributed by atoms with Crippen LogP contribution in [-0.2, 0) is 19.4 Å². The van der Waals surface area contributed by atoms with Crippen molar-refractivity contribution < 1.29 is 14.8 Å². The number of nitro groups is 1. The summed E-state index contributed by atoms with van der Waals surface area (Å²) >= 11 is 0. The Balaban J connectivity index is 1.92. The highest BCUT2D eigenvalue weighted by atomic mass is 16.6. The predicted octanol–water partition coefficient (Wildman–Crippen LogP) is 3.37. The third kappa shape index (κ3) is 2.73. The largest absolute Gasteiger partial charge is 0.450 e. The number of nitrogens with zero attached hydrogens (tertiary/aromatic N) is 1. The molecule has 0 aromatic heterocycles. The molecule has 2 aromatic rings. The number of aliphatic hydroxyl groups is 1. The standard InChI is InChI=1S/C16H15NO4/c18-10-11-4-7-16(15(8-11)17(19)20)21-14-6-5-12-2-1-3-13(12)9-14/h4-9,18H,1-3,10H2. The lowest BCUT2D eigenvalue weighted by molar-refractivity contribution is -0.385. The van der Waals surface area contributed by atoms with E-state index in [9.17, 15) is 10.1 Å². The van der Waals surface area contributed by atoms with Crippen LogP contribution in [-0.4, -0.2) is 10.0 Å². The molecule has 0 atom stereocenters. The van der Waals surface area contributed by atoms with Crippen LogP contribution in [0.25, 0.3) is 0 Å². The fourth-order valence-corrected chi connectivity index (χ4v) is 2.63. The first kappa shape index (κ1) is 13.6. The molecule has 0 aliphatic heterocycles. The highest BCUT2D eigenvalue weighted by Crippen LogP contribution is 2.34. The number of rotatable bonds is 4. The highest BCUT2D eigenvalue weighted by Gasteiger charge is 2.18. The van der Waals surface area contributed by atoms with Crippen LogP contribution in [0.15, 0.2) is 36.4 Å². The molecule has 1 aliphatic rings. The molecule has 0 fully saturated rings. The van der Waals surface area contributed by atoms with Gasteiger partial charge in [0.1, 0.15) is 5.75 Å². The summed E-state index contributed by atoms with van der Waals surface area (Å²) < 4.78 is 5.67. The lowest BCUT2D eigenvalue weighted by Crippen LogP contribution is -1.96. The van der Waals surface area contributed by atoms with Gasteiger partial charge in [-0.05, 0) is 54.2 Å². The molecule has 0 saturated carbocycles. The van der Waals surface area contributed by atoms with Crippen molar-refractivity contribution >= 4 is 5.69 Å². The molecule has 1 N–H and O–H groups in total. The molecule has 2 aromatic carbocycles. The minimum Gasteiger partial charge on any atom is -0.450 e. The van der Waals surface area contributed by atoms with Gasteiger partial charge in [-0.2, -0.15) is 0 Å². The van der Waals surface area contributed by atoms with Crippen molar-refractivity contribution in [1.82, 2.24) is 0 Å². The molecule has 0 amide bonds. The lowest BCUT2D eigenvalue weighted by Gasteiger charge is -2.09. The SMILES string of the molecule is O=[N+]([O-])c1cc(CO)ccc1Oc1ccc2c(c1)CCC2. The Kier molecular flexibility index (Phi) is 3.58. The maximum Gasteiger partial charge on any atom is 0.311 e. The maximum atomic E-state index is 11.1. The monoisotopic (exact) mass is 285 g/mol. The van der Waals surface area contributed by atoms with E-state index in [0.717, 1.165) is 19.3 Å². The number of hydrogen-bond acceptors (Lipinski definition) is 4. The minimum atomic E-state index is -0.498. The van der Waals surface area contributed by atoms with Gasteiger partial charge < -0.3 is 9.84 Å². The molecule has 1 aliphatic carbocycles. The molecular formula is C16H15NO4. The molecule has 108 valence electrons. The molecule has 0 heterocycles. The van der Waals surface area contributed by atoms with Crippen LogP contribution in [0.3, 0.4) is 0 Å². The number of ether oxygens (including phenoxy) is 1. The average molecular weight is 285 g/mol. The van der Waals surface area contributed by atoms with Crippen LogP contribution in [0.4, 0.5) is 5.69 Å². The zero-order chi connectivity index (χ0) is 14.8. The topological polar surface area (TPSA) is 72.6 Å². The minimum absolute atomic E-state index is 0.137. The van der Waals surface area contributed by atoms with Crippen molar-refractivity contribution in [3.63, 3.8) is 0 Å². The number of benzene rings is 2. The summed E-state index contributed by atoms with van der Waals surface area (Å²) in [5, 5.41) is 20.2. The Bertz CT molecular complexity index is 697. The third-order valence-electron chi connectivity index (χ3n) is 3.70. The van der Waals surface area contributed by atoms with E-state index in [-0.39, 0.29) is 18.0 Å². The Morgan fingerprint density at radius 3 is 2.71 bits per heavy atom. The van der Waals surface area contributed by atoms with Crippen LogP contribution in [0.2, 0.25) is 0 Å². The van der Waals surface area contributed by atoms with E-state index in [4.69, 9.17) is 9.84 Å². The first-order valence-electron chi connectivity index (χ1n) is 6.85. The Morgan fingerprint density at radius 2 is 1.95 bits per heavy atom. The summed E-state index contributed by atoms with van der Waals surface area (Å²) in [7, 11) is 0. The van der Waals surface area contributed by atoms with Crippen molar-refractivity contribution in [3.05, 3.63) is 63.2 Å². The fraction of sp³-hybridized carbons (Fsp3) is 0.250. The van der Waals surface area contributed by atoms with E-state index >= 15 is 0 Å². The molecule has 5 nitrogen and oxygen atoms in total. The molecule has 0 unspecified atom stereocenters. The van der Waals surface area contributed by atoms with Gasteiger partial charge in [0, 0.05) is 6.07 Å². The molecule has 0 bridgehead atoms. The van der Waals surface area contributed by atoms with Gasteiger partial charge in [0.25, 0.3) is 0 Å². The van der Waals surface area contributed by atoms with Crippen LogP contribution in [0, 0.1) is 10.1 Å². The summed E-state index contributed by atoms with van der Waals surface area (Å²) in [6.45, 7) is -0.236. The van der Waals surface area contributed by atoms with Crippen molar-refractivity contribution in [2.24, 2.45) is 0 Å². The van der Waals surface area contributed by atoms with E-state index in [1.165, 1.54) is 23.3 Å². The van der Waals surface area contributed by atoms with Crippen molar-refractivity contribution in [3.8, 4) is 11.5 Å². The second-order valence-corrected chi connectivity index (χ2v) is 5.10. The van der Waals surface area contributed by atoms with Crippen LogP contribution in [0.5, 0.6) is 11.5 Å². The Hall–Kier alpha value is -2.40. The second kappa shape index (κ2) is 5.54. The van der Waals surface area contributed by atoms with Gasteiger partial charge in [-0.1, -0.05) is 12.1 Å². The van der Waals surface area contributed by atoms with Gasteiger partial charge in [-0.25, -0.2) is 0 Å². The molecule has 0 spiro atoms. The number of aryl methyl sites for hydroxylation is 2. The smallest absolute Gasteiger partial charge is 0.311 e. The Morgan fingerprint density at radius 1 is 1.14 bits per heavy atom. The molecule has 3 rings (SSSR count). The maximum absolute atomic E-state index is 11.1. The van der Waals surface area contributed by atoms with Gasteiger partial charge in [0.05, 0.1) is 11.5 Å². The predicted molar refractivity (Wildman–Crippen MR) is 77.6 cm³/mol. The quantitative estimate of drug-likeness (QED) is 0.690. The van der Waals surface area contributed by atoms with Crippen LogP contribution in [0.1, 0.15) is 23.1 Å². The Labute approximate surface area is 122 Å². The van der Waals surface area contributed by atoms with E-state index in [0.29, 0.717) is 11.3 Å². The first-order valence-corrected chi connectivity index (χ1v) is 6.85. The summed E-state index contributed by atoms with van der Waals surface area (Å²) in [5.74, 6) is 0.797. The highest BCUT2D eigenvalue weighted by molar-refractivity contribution is 5.51. The van der Waals surface area contributed by atoms with E-state index in [1.807, 2.05) is 18.2 Å². The summed E-state index contributed by atoms with van der Waals surface area (Å²) in [5.41, 5.74) is 2.93. The normalized spacial score (nSPS) is 13.0. The zero-order valence-corrected chi connectivity index (χ0v) is 11.4. The molecule has 0 radical (unpaired) electrons. The van der Waals surface area contributed by atoms with Crippen molar-refractivity contribution in [2.45, 2.75) is 25.9 Å². The van der Waals surface area contributed by atoms with Crippen molar-refractivity contribution in [1.29, 1.82) is 0 Å². The number of hydrogen-bond donors (Lipinski definition) is 1. The third-order valence-corrected chi connectivity index (χ3v) is 3.70. The zero-order valence-electron chi connectivity index (χ0n) is 11.4. The van der Waals surface area contributed by atoms with Crippen LogP contribution >= 0.6 is 0 Å². The molecular weight excluding hydrogens is 270 g/mol.